The molecule has 1 aliphatic heterocycles. The number of hydrogen-bond acceptors (Lipinski definition) is 6. The van der Waals surface area contributed by atoms with E-state index in [1.54, 1.807) is 7.05 Å². The lowest BCUT2D eigenvalue weighted by atomic mass is 10.2. The molecule has 1 aliphatic rings. The van der Waals surface area contributed by atoms with Crippen LogP contribution in [0.15, 0.2) is 0 Å². The SMILES string of the molecule is Cn1nc(CNC2CCS(=O)(=O)C2)nc1N. The fourth-order valence-electron chi connectivity index (χ4n) is 1.72. The second kappa shape index (κ2) is 4.02. The Kier molecular flexibility index (Phi) is 2.85. The van der Waals surface area contributed by atoms with Gasteiger partial charge in [0.05, 0.1) is 18.1 Å². The van der Waals surface area contributed by atoms with Gasteiger partial charge in [0.25, 0.3) is 0 Å². The monoisotopic (exact) mass is 245 g/mol. The Morgan fingerprint density at radius 1 is 1.62 bits per heavy atom. The zero-order valence-electron chi connectivity index (χ0n) is 9.05. The van der Waals surface area contributed by atoms with Crippen molar-refractivity contribution < 1.29 is 8.42 Å². The Balaban J connectivity index is 1.89. The van der Waals surface area contributed by atoms with Crippen molar-refractivity contribution >= 4 is 15.8 Å². The lowest BCUT2D eigenvalue weighted by Gasteiger charge is -2.07. The van der Waals surface area contributed by atoms with Crippen molar-refractivity contribution in [3.05, 3.63) is 5.82 Å². The van der Waals surface area contributed by atoms with Gasteiger partial charge in [0.2, 0.25) is 5.95 Å². The van der Waals surface area contributed by atoms with Crippen LogP contribution in [0.2, 0.25) is 0 Å². The highest BCUT2D eigenvalue weighted by Crippen LogP contribution is 2.11. The molecule has 8 heteroatoms. The summed E-state index contributed by atoms with van der Waals surface area (Å²) in [7, 11) is -1.12. The van der Waals surface area contributed by atoms with Gasteiger partial charge in [-0.3, -0.25) is 0 Å². The van der Waals surface area contributed by atoms with Crippen molar-refractivity contribution in [1.29, 1.82) is 0 Å². The van der Waals surface area contributed by atoms with Crippen LogP contribution in [0.3, 0.4) is 0 Å². The molecule has 0 aromatic carbocycles. The van der Waals surface area contributed by atoms with Gasteiger partial charge in [-0.05, 0) is 6.42 Å². The average Bonchev–Trinajstić information content (AvgIpc) is 2.68. The fourth-order valence-corrected chi connectivity index (χ4v) is 3.43. The van der Waals surface area contributed by atoms with E-state index in [2.05, 4.69) is 15.4 Å². The van der Waals surface area contributed by atoms with Gasteiger partial charge in [-0.2, -0.15) is 10.1 Å². The van der Waals surface area contributed by atoms with Crippen molar-refractivity contribution in [2.24, 2.45) is 7.05 Å². The predicted molar refractivity (Wildman–Crippen MR) is 59.3 cm³/mol. The molecule has 1 unspecified atom stereocenters. The smallest absolute Gasteiger partial charge is 0.218 e. The van der Waals surface area contributed by atoms with Gasteiger partial charge in [0.1, 0.15) is 0 Å². The van der Waals surface area contributed by atoms with Gasteiger partial charge in [0.15, 0.2) is 15.7 Å². The van der Waals surface area contributed by atoms with Crippen LogP contribution in [0, 0.1) is 0 Å². The molecule has 0 amide bonds. The highest BCUT2D eigenvalue weighted by atomic mass is 32.2. The molecule has 2 rings (SSSR count). The van der Waals surface area contributed by atoms with Gasteiger partial charge < -0.3 is 11.1 Å². The molecule has 90 valence electrons. The molecule has 1 aromatic rings. The van der Waals surface area contributed by atoms with E-state index in [1.807, 2.05) is 0 Å². The first-order valence-electron chi connectivity index (χ1n) is 5.05. The molecule has 16 heavy (non-hydrogen) atoms. The normalized spacial score (nSPS) is 23.7. The largest absolute Gasteiger partial charge is 0.368 e. The maximum absolute atomic E-state index is 11.2. The minimum absolute atomic E-state index is 0.00929. The van der Waals surface area contributed by atoms with E-state index in [0.29, 0.717) is 24.7 Å². The highest BCUT2D eigenvalue weighted by molar-refractivity contribution is 7.91. The van der Waals surface area contributed by atoms with Crippen LogP contribution in [0.5, 0.6) is 0 Å². The highest BCUT2D eigenvalue weighted by Gasteiger charge is 2.27. The number of anilines is 1. The summed E-state index contributed by atoms with van der Waals surface area (Å²) in [4.78, 5) is 4.03. The van der Waals surface area contributed by atoms with Crippen LogP contribution < -0.4 is 11.1 Å². The summed E-state index contributed by atoms with van der Waals surface area (Å²) in [6, 6.07) is 0.00929. The second-order valence-corrected chi connectivity index (χ2v) is 6.22. The molecule has 0 spiro atoms. The number of nitrogens with zero attached hydrogens (tertiary/aromatic N) is 3. The standard InChI is InChI=1S/C8H15N5O2S/c1-13-8(9)11-7(12-13)4-10-6-2-3-16(14,15)5-6/h6,10H,2-5H2,1H3,(H2,9,11,12). The number of nitrogens with one attached hydrogen (secondary N) is 1. The first-order chi connectivity index (χ1) is 7.46. The third-order valence-corrected chi connectivity index (χ3v) is 4.39. The topological polar surface area (TPSA) is 103 Å². The van der Waals surface area contributed by atoms with Crippen molar-refractivity contribution in [1.82, 2.24) is 20.1 Å². The number of nitrogen functional groups attached to an aromatic ring is 1. The van der Waals surface area contributed by atoms with Gasteiger partial charge in [0, 0.05) is 13.1 Å². The lowest BCUT2D eigenvalue weighted by Crippen LogP contribution is -2.29. The minimum atomic E-state index is -2.84. The van der Waals surface area contributed by atoms with Crippen molar-refractivity contribution in [2.75, 3.05) is 17.2 Å². The number of aromatic nitrogens is 3. The Bertz CT molecular complexity index is 461. The third-order valence-electron chi connectivity index (χ3n) is 2.62. The van der Waals surface area contributed by atoms with Crippen LogP contribution in [0.1, 0.15) is 12.2 Å². The van der Waals surface area contributed by atoms with E-state index in [9.17, 15) is 8.42 Å². The molecule has 3 N–H and O–H groups in total. The molecule has 0 saturated carbocycles. The summed E-state index contributed by atoms with van der Waals surface area (Å²) in [5.74, 6) is 1.41. The van der Waals surface area contributed by atoms with Crippen molar-refractivity contribution in [3.63, 3.8) is 0 Å². The summed E-state index contributed by atoms with van der Waals surface area (Å²) < 4.78 is 23.9. The number of aryl methyl sites for hydroxylation is 1. The Labute approximate surface area is 94.0 Å². The van der Waals surface area contributed by atoms with Crippen LogP contribution in [0.25, 0.3) is 0 Å². The van der Waals surface area contributed by atoms with Crippen molar-refractivity contribution in [2.45, 2.75) is 19.0 Å². The third kappa shape index (κ3) is 2.50. The Morgan fingerprint density at radius 2 is 2.38 bits per heavy atom. The molecular weight excluding hydrogens is 230 g/mol. The van der Waals surface area contributed by atoms with E-state index < -0.39 is 9.84 Å². The van der Waals surface area contributed by atoms with Crippen LogP contribution in [0.4, 0.5) is 5.95 Å². The van der Waals surface area contributed by atoms with Gasteiger partial charge in [-0.1, -0.05) is 0 Å². The molecule has 1 saturated heterocycles. The zero-order valence-corrected chi connectivity index (χ0v) is 9.87. The van der Waals surface area contributed by atoms with Crippen LogP contribution in [-0.4, -0.2) is 40.7 Å². The van der Waals surface area contributed by atoms with E-state index in [1.165, 1.54) is 4.68 Å². The molecule has 1 fully saturated rings. The van der Waals surface area contributed by atoms with Gasteiger partial charge >= 0.3 is 0 Å². The van der Waals surface area contributed by atoms with E-state index in [0.717, 1.165) is 0 Å². The zero-order chi connectivity index (χ0) is 11.8. The first-order valence-corrected chi connectivity index (χ1v) is 6.87. The molecule has 7 nitrogen and oxygen atoms in total. The number of sulfone groups is 1. The second-order valence-electron chi connectivity index (χ2n) is 3.99. The van der Waals surface area contributed by atoms with Crippen LogP contribution in [-0.2, 0) is 23.4 Å². The van der Waals surface area contributed by atoms with E-state index in [4.69, 9.17) is 5.73 Å². The molecule has 1 aromatic heterocycles. The summed E-state index contributed by atoms with van der Waals surface area (Å²) >= 11 is 0. The molecule has 1 atom stereocenters. The molecule has 0 aliphatic carbocycles. The summed E-state index contributed by atoms with van der Waals surface area (Å²) in [5.41, 5.74) is 5.53. The summed E-state index contributed by atoms with van der Waals surface area (Å²) in [6.45, 7) is 0.450. The first kappa shape index (κ1) is 11.3. The Hall–Kier alpha value is -1.15. The quantitative estimate of drug-likeness (QED) is 0.684. The van der Waals surface area contributed by atoms with Gasteiger partial charge in [-0.15, -0.1) is 0 Å². The Morgan fingerprint density at radius 3 is 2.88 bits per heavy atom. The maximum atomic E-state index is 11.2. The molecule has 0 bridgehead atoms. The lowest BCUT2D eigenvalue weighted by molar-refractivity contribution is 0.539. The molecular formula is C8H15N5O2S. The van der Waals surface area contributed by atoms with Crippen LogP contribution >= 0.6 is 0 Å². The van der Waals surface area contributed by atoms with E-state index >= 15 is 0 Å². The maximum Gasteiger partial charge on any atom is 0.218 e. The summed E-state index contributed by atoms with van der Waals surface area (Å²) in [6.07, 6.45) is 0.657. The minimum Gasteiger partial charge on any atom is -0.368 e. The van der Waals surface area contributed by atoms with Crippen molar-refractivity contribution in [3.8, 4) is 0 Å². The molecule has 0 radical (unpaired) electrons. The van der Waals surface area contributed by atoms with E-state index in [-0.39, 0.29) is 17.5 Å². The molecule has 2 heterocycles. The van der Waals surface area contributed by atoms with Gasteiger partial charge in [-0.25, -0.2) is 13.1 Å². The number of nitrogens with two attached hydrogens (primary N) is 1. The average molecular weight is 245 g/mol. The summed E-state index contributed by atoms with van der Waals surface area (Å²) in [5, 5.41) is 7.20. The fraction of sp³-hybridized carbons (Fsp3) is 0.750. The number of hydrogen-bond donors (Lipinski definition) is 2. The number of rotatable bonds is 3. The predicted octanol–water partition coefficient (Wildman–Crippen LogP) is -1.33.